The minimum atomic E-state index is -0.204. The molecule has 0 bridgehead atoms. The minimum Gasteiger partial charge on any atom is -0.393 e. The molecule has 5 heteroatoms. The number of nitrogens with zero attached hydrogens (tertiary/aromatic N) is 2. The number of nitriles is 1. The second-order valence-corrected chi connectivity index (χ2v) is 5.99. The molecule has 0 aromatic carbocycles. The van der Waals surface area contributed by atoms with Crippen molar-refractivity contribution in [1.29, 1.82) is 5.26 Å². The van der Waals surface area contributed by atoms with Crippen LogP contribution in [0.1, 0.15) is 32.6 Å². The largest absolute Gasteiger partial charge is 0.393 e. The van der Waals surface area contributed by atoms with Gasteiger partial charge in [0.2, 0.25) is 5.91 Å². The summed E-state index contributed by atoms with van der Waals surface area (Å²) in [5.74, 6) is 0.838. The van der Waals surface area contributed by atoms with Crippen LogP contribution in [0, 0.1) is 23.2 Å². The monoisotopic (exact) mass is 265 g/mol. The molecule has 0 radical (unpaired) electrons. The molecular formula is C14H23N3O2. The number of amides is 1. The molecule has 3 atom stereocenters. The van der Waals surface area contributed by atoms with E-state index in [1.165, 1.54) is 6.92 Å². The Balaban J connectivity index is 1.89. The molecule has 1 heterocycles. The van der Waals surface area contributed by atoms with Crippen LogP contribution in [0.3, 0.4) is 0 Å². The van der Waals surface area contributed by atoms with Crippen molar-refractivity contribution < 1.29 is 9.90 Å². The van der Waals surface area contributed by atoms with E-state index in [0.717, 1.165) is 38.8 Å². The number of carbonyl (C=O) groups excluding carboxylic acids is 1. The fourth-order valence-corrected chi connectivity index (χ4v) is 3.11. The number of nitrogens with one attached hydrogen (secondary N) is 1. The predicted octanol–water partition coefficient (Wildman–Crippen LogP) is 0.498. The number of aliphatic hydroxyl groups is 1. The van der Waals surface area contributed by atoms with Gasteiger partial charge in [0, 0.05) is 26.1 Å². The van der Waals surface area contributed by atoms with Gasteiger partial charge in [-0.1, -0.05) is 0 Å². The van der Waals surface area contributed by atoms with E-state index in [0.29, 0.717) is 18.4 Å². The van der Waals surface area contributed by atoms with Gasteiger partial charge < -0.3 is 10.4 Å². The molecule has 106 valence electrons. The van der Waals surface area contributed by atoms with E-state index in [2.05, 4.69) is 16.3 Å². The second kappa shape index (κ2) is 6.36. The van der Waals surface area contributed by atoms with Crippen molar-refractivity contribution in [3.8, 4) is 6.07 Å². The standard InChI is InChI=1S/C14H23N3O2/c1-10(18)16-13-6-11(7-14(19)12-2-3-12)8-17(9-13)5-4-15/h11-14,19H,2-3,5-9H2,1H3,(H,16,18). The van der Waals surface area contributed by atoms with E-state index in [-0.39, 0.29) is 18.1 Å². The molecule has 0 aromatic heterocycles. The van der Waals surface area contributed by atoms with Crippen LogP contribution in [-0.2, 0) is 4.79 Å². The fraction of sp³-hybridized carbons (Fsp3) is 0.857. The SMILES string of the molecule is CC(=O)NC1CC(CC(O)C2CC2)CN(CC#N)C1. The molecule has 1 saturated carbocycles. The molecule has 1 saturated heterocycles. The molecule has 1 aliphatic carbocycles. The zero-order chi connectivity index (χ0) is 13.8. The third-order valence-corrected chi connectivity index (χ3v) is 4.06. The maximum absolute atomic E-state index is 11.2. The molecule has 3 unspecified atom stereocenters. The smallest absolute Gasteiger partial charge is 0.217 e. The number of piperidine rings is 1. The summed E-state index contributed by atoms with van der Waals surface area (Å²) >= 11 is 0. The Morgan fingerprint density at radius 1 is 1.53 bits per heavy atom. The van der Waals surface area contributed by atoms with Crippen LogP contribution in [0.4, 0.5) is 0 Å². The van der Waals surface area contributed by atoms with Gasteiger partial charge in [0.15, 0.2) is 0 Å². The highest BCUT2D eigenvalue weighted by Crippen LogP contribution is 2.36. The summed E-state index contributed by atoms with van der Waals surface area (Å²) in [5, 5.41) is 21.8. The summed E-state index contributed by atoms with van der Waals surface area (Å²) in [4.78, 5) is 13.3. The summed E-state index contributed by atoms with van der Waals surface area (Å²) in [5.41, 5.74) is 0. The maximum atomic E-state index is 11.2. The molecule has 2 fully saturated rings. The van der Waals surface area contributed by atoms with E-state index in [4.69, 9.17) is 5.26 Å². The number of hydrogen-bond donors (Lipinski definition) is 2. The Morgan fingerprint density at radius 2 is 2.26 bits per heavy atom. The summed E-state index contributed by atoms with van der Waals surface area (Å²) < 4.78 is 0. The van der Waals surface area contributed by atoms with Crippen LogP contribution in [-0.4, -0.2) is 47.7 Å². The van der Waals surface area contributed by atoms with Gasteiger partial charge in [0.1, 0.15) is 0 Å². The first-order chi connectivity index (χ1) is 9.08. The first-order valence-corrected chi connectivity index (χ1v) is 7.13. The normalized spacial score (nSPS) is 29.5. The Labute approximate surface area is 114 Å². The van der Waals surface area contributed by atoms with Crippen LogP contribution in [0.5, 0.6) is 0 Å². The number of likely N-dealkylation sites (tertiary alicyclic amines) is 1. The van der Waals surface area contributed by atoms with E-state index in [1.54, 1.807) is 0 Å². The molecule has 2 N–H and O–H groups in total. The Hall–Kier alpha value is -1.12. The van der Waals surface area contributed by atoms with Gasteiger partial charge in [-0.2, -0.15) is 5.26 Å². The van der Waals surface area contributed by atoms with Crippen molar-refractivity contribution >= 4 is 5.91 Å². The zero-order valence-corrected chi connectivity index (χ0v) is 11.5. The van der Waals surface area contributed by atoms with Gasteiger partial charge in [0.25, 0.3) is 0 Å². The first kappa shape index (κ1) is 14.3. The highest BCUT2D eigenvalue weighted by atomic mass is 16.3. The topological polar surface area (TPSA) is 76.4 Å². The van der Waals surface area contributed by atoms with Gasteiger partial charge in [-0.05, 0) is 37.5 Å². The number of rotatable bonds is 5. The average molecular weight is 265 g/mol. The molecule has 5 nitrogen and oxygen atoms in total. The first-order valence-electron chi connectivity index (χ1n) is 7.13. The van der Waals surface area contributed by atoms with E-state index in [1.807, 2.05) is 0 Å². The van der Waals surface area contributed by atoms with E-state index >= 15 is 0 Å². The molecule has 2 aliphatic rings. The fourth-order valence-electron chi connectivity index (χ4n) is 3.11. The van der Waals surface area contributed by atoms with Gasteiger partial charge >= 0.3 is 0 Å². The van der Waals surface area contributed by atoms with Crippen molar-refractivity contribution in [2.75, 3.05) is 19.6 Å². The lowest BCUT2D eigenvalue weighted by atomic mass is 9.88. The van der Waals surface area contributed by atoms with Crippen LogP contribution >= 0.6 is 0 Å². The molecule has 19 heavy (non-hydrogen) atoms. The second-order valence-electron chi connectivity index (χ2n) is 5.99. The molecule has 0 spiro atoms. The number of carbonyl (C=O) groups is 1. The molecule has 0 aromatic rings. The maximum Gasteiger partial charge on any atom is 0.217 e. The highest BCUT2D eigenvalue weighted by Gasteiger charge is 2.34. The summed E-state index contributed by atoms with van der Waals surface area (Å²) in [6.07, 6.45) is 3.79. The van der Waals surface area contributed by atoms with Gasteiger partial charge in [-0.15, -0.1) is 0 Å². The summed E-state index contributed by atoms with van der Waals surface area (Å²) in [6.45, 7) is 3.51. The predicted molar refractivity (Wildman–Crippen MR) is 71.1 cm³/mol. The van der Waals surface area contributed by atoms with Crippen molar-refractivity contribution in [1.82, 2.24) is 10.2 Å². The summed E-state index contributed by atoms with van der Waals surface area (Å²) in [7, 11) is 0. The van der Waals surface area contributed by atoms with Gasteiger partial charge in [0.05, 0.1) is 18.7 Å². The van der Waals surface area contributed by atoms with Crippen LogP contribution in [0.2, 0.25) is 0 Å². The Kier molecular flexibility index (Phi) is 4.78. The minimum absolute atomic E-state index is 0.0229. The zero-order valence-electron chi connectivity index (χ0n) is 11.5. The lowest BCUT2D eigenvalue weighted by Gasteiger charge is -2.37. The van der Waals surface area contributed by atoms with E-state index in [9.17, 15) is 9.90 Å². The Bertz CT molecular complexity index is 362. The van der Waals surface area contributed by atoms with Crippen LogP contribution in [0.15, 0.2) is 0 Å². The lowest BCUT2D eigenvalue weighted by Crippen LogP contribution is -2.51. The molecule has 2 rings (SSSR count). The van der Waals surface area contributed by atoms with Crippen LogP contribution in [0.25, 0.3) is 0 Å². The van der Waals surface area contributed by atoms with E-state index < -0.39 is 0 Å². The van der Waals surface area contributed by atoms with Crippen molar-refractivity contribution in [2.45, 2.75) is 44.8 Å². The van der Waals surface area contributed by atoms with Crippen LogP contribution < -0.4 is 5.32 Å². The number of hydrogen-bond acceptors (Lipinski definition) is 4. The van der Waals surface area contributed by atoms with Gasteiger partial charge in [-0.25, -0.2) is 0 Å². The average Bonchev–Trinajstić information content (AvgIpc) is 3.11. The molecule has 1 amide bonds. The third-order valence-electron chi connectivity index (χ3n) is 4.06. The van der Waals surface area contributed by atoms with Crippen molar-refractivity contribution in [3.05, 3.63) is 0 Å². The summed E-state index contributed by atoms with van der Waals surface area (Å²) in [6, 6.07) is 2.28. The Morgan fingerprint density at radius 3 is 2.84 bits per heavy atom. The number of aliphatic hydroxyl groups excluding tert-OH is 1. The van der Waals surface area contributed by atoms with Gasteiger partial charge in [-0.3, -0.25) is 9.69 Å². The highest BCUT2D eigenvalue weighted by molar-refractivity contribution is 5.73. The molecular weight excluding hydrogens is 242 g/mol. The third kappa shape index (κ3) is 4.48. The quantitative estimate of drug-likeness (QED) is 0.710. The lowest BCUT2D eigenvalue weighted by molar-refractivity contribution is -0.120. The van der Waals surface area contributed by atoms with Crippen molar-refractivity contribution in [3.63, 3.8) is 0 Å². The molecule has 1 aliphatic heterocycles. The van der Waals surface area contributed by atoms with Crippen molar-refractivity contribution in [2.24, 2.45) is 11.8 Å².